The molecule has 1 amide bonds. The molecule has 31 heavy (non-hydrogen) atoms. The monoisotopic (exact) mass is 481 g/mol. The second kappa shape index (κ2) is 8.61. The zero-order chi connectivity index (χ0) is 21.4. The van der Waals surface area contributed by atoms with E-state index in [2.05, 4.69) is 56.4 Å². The molecule has 0 bridgehead atoms. The van der Waals surface area contributed by atoms with Gasteiger partial charge in [0.1, 0.15) is 5.82 Å². The Bertz CT molecular complexity index is 1110. The fourth-order valence-corrected chi connectivity index (χ4v) is 4.81. The van der Waals surface area contributed by atoms with Gasteiger partial charge in [0, 0.05) is 37.7 Å². The van der Waals surface area contributed by atoms with Gasteiger partial charge in [0.2, 0.25) is 5.91 Å². The number of fused-ring (bicyclic) bond motifs is 1. The Labute approximate surface area is 191 Å². The average Bonchev–Trinajstić information content (AvgIpc) is 3.52. The first-order valence-corrected chi connectivity index (χ1v) is 12.0. The van der Waals surface area contributed by atoms with Gasteiger partial charge in [-0.2, -0.15) is 9.61 Å². The summed E-state index contributed by atoms with van der Waals surface area (Å²) in [7, 11) is 0. The Balaban J connectivity index is 1.35. The quantitative estimate of drug-likeness (QED) is 0.542. The van der Waals surface area contributed by atoms with Crippen LogP contribution in [0.1, 0.15) is 37.7 Å². The number of rotatable bonds is 6. The van der Waals surface area contributed by atoms with Crippen LogP contribution in [0.2, 0.25) is 0 Å². The maximum atomic E-state index is 12.6. The second-order valence-corrected chi connectivity index (χ2v) is 9.80. The van der Waals surface area contributed by atoms with Gasteiger partial charge in [-0.1, -0.05) is 24.3 Å². The summed E-state index contributed by atoms with van der Waals surface area (Å²) in [5.74, 6) is 2.36. The Morgan fingerprint density at radius 1 is 1.23 bits per heavy atom. The van der Waals surface area contributed by atoms with Crippen molar-refractivity contribution in [2.75, 3.05) is 25.0 Å². The summed E-state index contributed by atoms with van der Waals surface area (Å²) in [6, 6.07) is 10.4. The van der Waals surface area contributed by atoms with Crippen LogP contribution >= 0.6 is 15.9 Å². The lowest BCUT2D eigenvalue weighted by molar-refractivity contribution is -0.133. The van der Waals surface area contributed by atoms with Crippen LogP contribution in [0.5, 0.6) is 0 Å². The summed E-state index contributed by atoms with van der Waals surface area (Å²) in [4.78, 5) is 19.5. The number of hydrogen-bond donors (Lipinski definition) is 1. The number of nitrogens with one attached hydrogen (secondary N) is 1. The van der Waals surface area contributed by atoms with Crippen molar-refractivity contribution < 1.29 is 4.79 Å². The molecule has 3 aromatic rings. The van der Waals surface area contributed by atoms with Gasteiger partial charge in [0.15, 0.2) is 5.65 Å². The fraction of sp³-hybridized carbons (Fsp3) is 0.458. The van der Waals surface area contributed by atoms with Gasteiger partial charge in [-0.15, -0.1) is 0 Å². The number of carbonyl (C=O) groups is 1. The smallest absolute Gasteiger partial charge is 0.222 e. The van der Waals surface area contributed by atoms with E-state index in [9.17, 15) is 4.79 Å². The van der Waals surface area contributed by atoms with Crippen LogP contribution in [0, 0.1) is 18.8 Å². The molecule has 1 N–H and O–H groups in total. The third kappa shape index (κ3) is 4.47. The lowest BCUT2D eigenvalue weighted by Crippen LogP contribution is -2.42. The van der Waals surface area contributed by atoms with Crippen molar-refractivity contribution in [1.29, 1.82) is 0 Å². The highest BCUT2D eigenvalue weighted by Gasteiger charge is 2.29. The molecule has 1 aliphatic carbocycles. The van der Waals surface area contributed by atoms with Gasteiger partial charge in [0.25, 0.3) is 0 Å². The summed E-state index contributed by atoms with van der Waals surface area (Å²) in [6.45, 7) is 4.68. The van der Waals surface area contributed by atoms with Gasteiger partial charge >= 0.3 is 0 Å². The minimum atomic E-state index is 0.344. The number of likely N-dealkylation sites (tertiary alicyclic amines) is 1. The van der Waals surface area contributed by atoms with Crippen molar-refractivity contribution in [1.82, 2.24) is 19.5 Å². The standard InChI is InChI=1S/C24H28BrN5O/c1-16-5-2-3-7-19(16)21-12-22(30-24(28-21)20(25)14-27-30)26-13-18-6-4-10-29(15-18)23(31)11-17-8-9-17/h2-3,5,7,12,14,17-18,26H,4,6,8-11,13,15H2,1H3. The van der Waals surface area contributed by atoms with Crippen molar-refractivity contribution in [2.45, 2.75) is 39.0 Å². The second-order valence-electron chi connectivity index (χ2n) is 8.95. The highest BCUT2D eigenvalue weighted by atomic mass is 79.9. The Morgan fingerprint density at radius 2 is 2.06 bits per heavy atom. The van der Waals surface area contributed by atoms with Crippen molar-refractivity contribution >= 4 is 33.3 Å². The molecule has 0 spiro atoms. The van der Waals surface area contributed by atoms with Crippen LogP contribution in [0.4, 0.5) is 5.82 Å². The predicted octanol–water partition coefficient (Wildman–Crippen LogP) is 4.92. The number of amides is 1. The van der Waals surface area contributed by atoms with E-state index >= 15 is 0 Å². The van der Waals surface area contributed by atoms with Crippen LogP contribution in [0.25, 0.3) is 16.9 Å². The van der Waals surface area contributed by atoms with Crippen LogP contribution < -0.4 is 5.32 Å². The lowest BCUT2D eigenvalue weighted by atomic mass is 9.97. The average molecular weight is 482 g/mol. The first-order chi connectivity index (χ1) is 15.1. The van der Waals surface area contributed by atoms with Crippen LogP contribution in [-0.4, -0.2) is 45.0 Å². The van der Waals surface area contributed by atoms with E-state index in [-0.39, 0.29) is 0 Å². The maximum absolute atomic E-state index is 12.6. The zero-order valence-corrected chi connectivity index (χ0v) is 19.4. The van der Waals surface area contributed by atoms with Gasteiger partial charge in [-0.05, 0) is 65.9 Å². The summed E-state index contributed by atoms with van der Waals surface area (Å²) < 4.78 is 2.73. The Hall–Kier alpha value is -2.41. The van der Waals surface area contributed by atoms with Crippen LogP contribution in [0.15, 0.2) is 41.0 Å². The van der Waals surface area contributed by atoms with E-state index in [0.29, 0.717) is 17.7 Å². The predicted molar refractivity (Wildman–Crippen MR) is 126 cm³/mol. The minimum Gasteiger partial charge on any atom is -0.370 e. The maximum Gasteiger partial charge on any atom is 0.222 e. The van der Waals surface area contributed by atoms with Crippen molar-refractivity contribution in [3.63, 3.8) is 0 Å². The number of aryl methyl sites for hydroxylation is 1. The van der Waals surface area contributed by atoms with Crippen LogP contribution in [0.3, 0.4) is 0 Å². The van der Waals surface area contributed by atoms with E-state index in [1.807, 2.05) is 16.6 Å². The van der Waals surface area contributed by atoms with Gasteiger partial charge in [0.05, 0.1) is 16.4 Å². The fourth-order valence-electron chi connectivity index (χ4n) is 4.47. The number of piperidine rings is 1. The first-order valence-electron chi connectivity index (χ1n) is 11.2. The molecule has 1 atom stereocenters. The molecular weight excluding hydrogens is 454 g/mol. The van der Waals surface area contributed by atoms with Crippen LogP contribution in [-0.2, 0) is 4.79 Å². The molecule has 7 heteroatoms. The third-order valence-corrected chi connectivity index (χ3v) is 7.01. The van der Waals surface area contributed by atoms with Crippen molar-refractivity contribution in [3.05, 3.63) is 46.6 Å². The summed E-state index contributed by atoms with van der Waals surface area (Å²) in [6.07, 6.45) is 7.20. The van der Waals surface area contributed by atoms with Gasteiger partial charge in [-0.25, -0.2) is 4.98 Å². The molecule has 1 aromatic carbocycles. The van der Waals surface area contributed by atoms with E-state index in [1.54, 1.807) is 6.20 Å². The number of aromatic nitrogens is 3. The number of halogens is 1. The van der Waals surface area contributed by atoms with E-state index in [4.69, 9.17) is 4.98 Å². The zero-order valence-electron chi connectivity index (χ0n) is 17.9. The van der Waals surface area contributed by atoms with E-state index < -0.39 is 0 Å². The summed E-state index contributed by atoms with van der Waals surface area (Å²) >= 11 is 3.58. The molecule has 162 valence electrons. The summed E-state index contributed by atoms with van der Waals surface area (Å²) in [5, 5.41) is 8.12. The largest absolute Gasteiger partial charge is 0.370 e. The highest BCUT2D eigenvalue weighted by molar-refractivity contribution is 9.10. The van der Waals surface area contributed by atoms with Crippen molar-refractivity contribution in [3.8, 4) is 11.3 Å². The number of hydrogen-bond acceptors (Lipinski definition) is 4. The van der Waals surface area contributed by atoms with Crippen molar-refractivity contribution in [2.24, 2.45) is 11.8 Å². The normalized spacial score (nSPS) is 19.0. The number of anilines is 1. The Morgan fingerprint density at radius 3 is 2.87 bits per heavy atom. The number of benzene rings is 1. The molecule has 5 rings (SSSR count). The SMILES string of the molecule is Cc1ccccc1-c1cc(NCC2CCCN(C(=O)CC3CC3)C2)n2ncc(Br)c2n1. The lowest BCUT2D eigenvalue weighted by Gasteiger charge is -2.33. The highest BCUT2D eigenvalue weighted by Crippen LogP contribution is 2.33. The van der Waals surface area contributed by atoms with Gasteiger partial charge < -0.3 is 10.2 Å². The molecule has 2 aromatic heterocycles. The molecule has 1 saturated heterocycles. The molecular formula is C24H28BrN5O. The molecule has 6 nitrogen and oxygen atoms in total. The molecule has 1 aliphatic heterocycles. The molecule has 2 fully saturated rings. The first kappa shape index (κ1) is 20.5. The topological polar surface area (TPSA) is 62.5 Å². The Kier molecular flexibility index (Phi) is 5.69. The molecule has 2 aliphatic rings. The van der Waals surface area contributed by atoms with E-state index in [1.165, 1.54) is 18.4 Å². The number of carbonyl (C=O) groups excluding carboxylic acids is 1. The molecule has 3 heterocycles. The van der Waals surface area contributed by atoms with E-state index in [0.717, 1.165) is 66.1 Å². The summed E-state index contributed by atoms with van der Waals surface area (Å²) in [5.41, 5.74) is 4.04. The molecule has 1 unspecified atom stereocenters. The minimum absolute atomic E-state index is 0.344. The third-order valence-electron chi connectivity index (χ3n) is 6.45. The molecule has 0 radical (unpaired) electrons. The number of nitrogens with zero attached hydrogens (tertiary/aromatic N) is 4. The van der Waals surface area contributed by atoms with Gasteiger partial charge in [-0.3, -0.25) is 4.79 Å². The molecule has 1 saturated carbocycles.